The Balaban J connectivity index is 1.40. The Labute approximate surface area is 230 Å². The lowest BCUT2D eigenvalue weighted by atomic mass is 10.1. The van der Waals surface area contributed by atoms with Crippen LogP contribution in [0, 0.1) is 0 Å². The van der Waals surface area contributed by atoms with E-state index in [9.17, 15) is 18.0 Å². The minimum Gasteiger partial charge on any atom is -0.497 e. The Morgan fingerprint density at radius 2 is 1.52 bits per heavy atom. The third-order valence-electron chi connectivity index (χ3n) is 6.01. The number of carbonyl (C=O) groups is 1. The SMILES string of the molecule is COc1ccc(CCOc2ccc(CCn3c(C(F)(F)F)nc4cc(NC(=O)OC(C)(C)C)ccc43)cc2)cc1. The fourth-order valence-electron chi connectivity index (χ4n) is 4.14. The van der Waals surface area contributed by atoms with Gasteiger partial charge < -0.3 is 18.8 Å². The van der Waals surface area contributed by atoms with Crippen LogP contribution in [0.1, 0.15) is 37.7 Å². The van der Waals surface area contributed by atoms with Gasteiger partial charge in [0.25, 0.3) is 0 Å². The third kappa shape index (κ3) is 7.68. The van der Waals surface area contributed by atoms with Gasteiger partial charge in [0.15, 0.2) is 0 Å². The maximum atomic E-state index is 13.8. The van der Waals surface area contributed by atoms with Crippen LogP contribution >= 0.6 is 0 Å². The van der Waals surface area contributed by atoms with Gasteiger partial charge in [-0.2, -0.15) is 13.2 Å². The zero-order valence-electron chi connectivity index (χ0n) is 22.8. The number of fused-ring (bicyclic) bond motifs is 1. The molecule has 1 aromatic heterocycles. The van der Waals surface area contributed by atoms with Crippen LogP contribution < -0.4 is 14.8 Å². The highest BCUT2D eigenvalue weighted by Gasteiger charge is 2.37. The molecule has 0 aliphatic heterocycles. The predicted molar refractivity (Wildman–Crippen MR) is 147 cm³/mol. The number of benzene rings is 3. The van der Waals surface area contributed by atoms with E-state index >= 15 is 0 Å². The summed E-state index contributed by atoms with van der Waals surface area (Å²) in [4.78, 5) is 15.9. The average molecular weight is 556 g/mol. The molecule has 3 aromatic carbocycles. The maximum absolute atomic E-state index is 13.8. The van der Waals surface area contributed by atoms with E-state index in [-0.39, 0.29) is 12.1 Å². The molecule has 0 aliphatic rings. The molecule has 40 heavy (non-hydrogen) atoms. The van der Waals surface area contributed by atoms with Gasteiger partial charge in [0.2, 0.25) is 5.82 Å². The Kier molecular flexibility index (Phi) is 8.56. The number of anilines is 1. The summed E-state index contributed by atoms with van der Waals surface area (Å²) in [5.74, 6) is 0.494. The maximum Gasteiger partial charge on any atom is 0.449 e. The molecule has 212 valence electrons. The minimum atomic E-state index is -4.64. The second kappa shape index (κ2) is 11.9. The Morgan fingerprint density at radius 1 is 0.900 bits per heavy atom. The molecule has 0 radical (unpaired) electrons. The summed E-state index contributed by atoms with van der Waals surface area (Å²) in [6.07, 6.45) is -4.25. The van der Waals surface area contributed by atoms with Gasteiger partial charge in [-0.1, -0.05) is 24.3 Å². The second-order valence-electron chi connectivity index (χ2n) is 10.3. The summed E-state index contributed by atoms with van der Waals surface area (Å²) in [5.41, 5.74) is 2.02. The lowest BCUT2D eigenvalue weighted by Gasteiger charge is -2.19. The van der Waals surface area contributed by atoms with Crippen molar-refractivity contribution in [1.29, 1.82) is 0 Å². The van der Waals surface area contributed by atoms with E-state index in [1.807, 2.05) is 48.5 Å². The molecule has 0 fully saturated rings. The number of nitrogens with zero attached hydrogens (tertiary/aromatic N) is 2. The molecule has 0 atom stereocenters. The first kappa shape index (κ1) is 28.8. The van der Waals surface area contributed by atoms with Gasteiger partial charge in [-0.25, -0.2) is 9.78 Å². The molecule has 1 N–H and O–H groups in total. The fraction of sp³-hybridized carbons (Fsp3) is 0.333. The first-order valence-corrected chi connectivity index (χ1v) is 12.8. The number of alkyl halides is 3. The first-order chi connectivity index (χ1) is 18.9. The fourth-order valence-corrected chi connectivity index (χ4v) is 4.14. The normalized spacial score (nSPS) is 11.9. The zero-order chi connectivity index (χ0) is 28.9. The van der Waals surface area contributed by atoms with Crippen molar-refractivity contribution in [3.8, 4) is 11.5 Å². The van der Waals surface area contributed by atoms with E-state index < -0.39 is 23.7 Å². The van der Waals surface area contributed by atoms with E-state index in [0.29, 0.717) is 30.0 Å². The molecule has 4 rings (SSSR count). The number of methoxy groups -OCH3 is 1. The molecular weight excluding hydrogens is 523 g/mol. The quantitative estimate of drug-likeness (QED) is 0.235. The summed E-state index contributed by atoms with van der Waals surface area (Å²) < 4.78 is 58.9. The van der Waals surface area contributed by atoms with E-state index in [4.69, 9.17) is 14.2 Å². The molecular formula is C30H32F3N3O4. The van der Waals surface area contributed by atoms with Gasteiger partial charge in [-0.15, -0.1) is 0 Å². The number of amides is 1. The summed E-state index contributed by atoms with van der Waals surface area (Å²) in [6, 6.07) is 19.5. The summed E-state index contributed by atoms with van der Waals surface area (Å²) in [6.45, 7) is 5.72. The molecule has 7 nitrogen and oxygen atoms in total. The number of rotatable bonds is 9. The molecule has 0 saturated heterocycles. The predicted octanol–water partition coefficient (Wildman–Crippen LogP) is 7.27. The van der Waals surface area contributed by atoms with Crippen LogP contribution in [0.2, 0.25) is 0 Å². The van der Waals surface area contributed by atoms with Gasteiger partial charge in [0, 0.05) is 18.7 Å². The van der Waals surface area contributed by atoms with Gasteiger partial charge in [-0.3, -0.25) is 5.32 Å². The summed E-state index contributed by atoms with van der Waals surface area (Å²) >= 11 is 0. The van der Waals surface area contributed by atoms with Crippen LogP contribution in [0.4, 0.5) is 23.7 Å². The highest BCUT2D eigenvalue weighted by atomic mass is 19.4. The van der Waals surface area contributed by atoms with E-state index in [1.165, 1.54) is 18.2 Å². The van der Waals surface area contributed by atoms with Crippen molar-refractivity contribution in [1.82, 2.24) is 9.55 Å². The van der Waals surface area contributed by atoms with Crippen LogP contribution in [0.3, 0.4) is 0 Å². The molecule has 4 aromatic rings. The topological polar surface area (TPSA) is 74.6 Å². The van der Waals surface area contributed by atoms with E-state index in [2.05, 4.69) is 10.3 Å². The van der Waals surface area contributed by atoms with Gasteiger partial charge >= 0.3 is 12.3 Å². The van der Waals surface area contributed by atoms with Crippen LogP contribution in [0.25, 0.3) is 11.0 Å². The Morgan fingerprint density at radius 3 is 2.12 bits per heavy atom. The van der Waals surface area contributed by atoms with Gasteiger partial charge in [-0.05, 0) is 80.8 Å². The van der Waals surface area contributed by atoms with Gasteiger partial charge in [0.1, 0.15) is 17.1 Å². The van der Waals surface area contributed by atoms with Crippen molar-refractivity contribution in [2.45, 2.75) is 51.9 Å². The monoisotopic (exact) mass is 555 g/mol. The lowest BCUT2D eigenvalue weighted by molar-refractivity contribution is -0.146. The highest BCUT2D eigenvalue weighted by Crippen LogP contribution is 2.33. The Bertz CT molecular complexity index is 1440. The number of halogens is 3. The minimum absolute atomic E-state index is 0.0713. The number of imidazole rings is 1. The number of hydrogen-bond donors (Lipinski definition) is 1. The molecule has 1 heterocycles. The zero-order valence-corrected chi connectivity index (χ0v) is 22.8. The second-order valence-corrected chi connectivity index (χ2v) is 10.3. The third-order valence-corrected chi connectivity index (χ3v) is 6.01. The summed E-state index contributed by atoms with van der Waals surface area (Å²) in [7, 11) is 1.62. The number of aryl methyl sites for hydroxylation is 2. The molecule has 0 aliphatic carbocycles. The Hall–Kier alpha value is -4.21. The number of aromatic nitrogens is 2. The lowest BCUT2D eigenvalue weighted by Crippen LogP contribution is -2.27. The van der Waals surface area contributed by atoms with E-state index in [1.54, 1.807) is 27.9 Å². The molecule has 0 saturated carbocycles. The number of ether oxygens (including phenoxy) is 3. The van der Waals surface area contributed by atoms with Crippen molar-refractivity contribution in [3.05, 3.63) is 83.7 Å². The first-order valence-electron chi connectivity index (χ1n) is 12.8. The van der Waals surface area contributed by atoms with Crippen molar-refractivity contribution in [2.24, 2.45) is 0 Å². The molecule has 1 amide bonds. The van der Waals surface area contributed by atoms with Crippen molar-refractivity contribution < 1.29 is 32.2 Å². The van der Waals surface area contributed by atoms with Gasteiger partial charge in [0.05, 0.1) is 24.8 Å². The smallest absolute Gasteiger partial charge is 0.449 e. The number of hydrogen-bond acceptors (Lipinski definition) is 5. The van der Waals surface area contributed by atoms with Crippen molar-refractivity contribution in [2.75, 3.05) is 19.0 Å². The standard InChI is InChI=1S/C30H32F3N3O4/c1-29(2,3)40-28(37)34-22-9-14-26-25(19-22)35-27(30(31,32)33)36(26)17-15-20-7-12-24(13-8-20)39-18-16-21-5-10-23(38-4)11-6-21/h5-14,19H,15-18H2,1-4H3,(H,34,37). The molecule has 0 bridgehead atoms. The number of nitrogens with one attached hydrogen (secondary N) is 1. The van der Waals surface area contributed by atoms with E-state index in [0.717, 1.165) is 27.9 Å². The average Bonchev–Trinajstić information content (AvgIpc) is 3.26. The number of carbonyl (C=O) groups excluding carboxylic acids is 1. The van der Waals surface area contributed by atoms with Crippen LogP contribution in [0.15, 0.2) is 66.7 Å². The molecule has 10 heteroatoms. The van der Waals surface area contributed by atoms with Crippen LogP contribution in [-0.2, 0) is 30.3 Å². The summed E-state index contributed by atoms with van der Waals surface area (Å²) in [5, 5.41) is 2.54. The van der Waals surface area contributed by atoms with Crippen LogP contribution in [0.5, 0.6) is 11.5 Å². The molecule has 0 spiro atoms. The highest BCUT2D eigenvalue weighted by molar-refractivity contribution is 5.89. The molecule has 0 unspecified atom stereocenters. The van der Waals surface area contributed by atoms with Crippen LogP contribution in [-0.4, -0.2) is 35.0 Å². The van der Waals surface area contributed by atoms with Crippen molar-refractivity contribution in [3.63, 3.8) is 0 Å². The van der Waals surface area contributed by atoms with Crippen molar-refractivity contribution >= 4 is 22.8 Å². The largest absolute Gasteiger partial charge is 0.497 e.